The van der Waals surface area contributed by atoms with E-state index in [4.69, 9.17) is 0 Å². The van der Waals surface area contributed by atoms with Crippen LogP contribution in [0.25, 0.3) is 0 Å². The summed E-state index contributed by atoms with van der Waals surface area (Å²) in [6.07, 6.45) is -4.63. The SMILES string of the molecule is CC(=O)c1ccc(N2C(=O)C3C(c4cccc(C(F)(F)F)c4)NC(C)(C(=O)O)C3C2=O)cc1. The first-order valence-electron chi connectivity index (χ1n) is 10.0. The summed E-state index contributed by atoms with van der Waals surface area (Å²) in [5.74, 6) is -5.68. The van der Waals surface area contributed by atoms with E-state index in [-0.39, 0.29) is 17.0 Å². The molecule has 0 aliphatic carbocycles. The van der Waals surface area contributed by atoms with Crippen LogP contribution in [0.3, 0.4) is 0 Å². The Hall–Kier alpha value is -3.53. The van der Waals surface area contributed by atoms with Gasteiger partial charge in [0, 0.05) is 11.6 Å². The van der Waals surface area contributed by atoms with Crippen LogP contribution in [0.5, 0.6) is 0 Å². The van der Waals surface area contributed by atoms with E-state index in [1.807, 2.05) is 0 Å². The number of hydrogen-bond donors (Lipinski definition) is 2. The molecule has 0 radical (unpaired) electrons. The first-order valence-corrected chi connectivity index (χ1v) is 10.0. The third-order valence-electron chi connectivity index (χ3n) is 6.34. The first-order chi connectivity index (χ1) is 15.4. The van der Waals surface area contributed by atoms with Crippen LogP contribution in [0, 0.1) is 11.8 Å². The Labute approximate surface area is 186 Å². The summed E-state index contributed by atoms with van der Waals surface area (Å²) >= 11 is 0. The standard InChI is InChI=1S/C23H19F3N2O5/c1-11(29)12-6-8-15(9-7-12)28-19(30)16-17(20(28)31)22(2,21(32)33)27-18(16)13-4-3-5-14(10-13)23(24,25)26/h3-10,16-18,27H,1-2H3,(H,32,33). The van der Waals surface area contributed by atoms with Crippen LogP contribution in [-0.2, 0) is 20.6 Å². The summed E-state index contributed by atoms with van der Waals surface area (Å²) in [6.45, 7) is 2.60. The summed E-state index contributed by atoms with van der Waals surface area (Å²) in [4.78, 5) is 51.2. The van der Waals surface area contributed by atoms with Gasteiger partial charge in [-0.3, -0.25) is 24.5 Å². The fraction of sp³-hybridized carbons (Fsp3) is 0.304. The van der Waals surface area contributed by atoms with E-state index in [9.17, 15) is 37.5 Å². The van der Waals surface area contributed by atoms with Gasteiger partial charge in [0.05, 0.1) is 23.1 Å². The van der Waals surface area contributed by atoms with Crippen molar-refractivity contribution in [3.05, 3.63) is 65.2 Å². The molecule has 2 amide bonds. The molecular formula is C23H19F3N2O5. The van der Waals surface area contributed by atoms with Gasteiger partial charge in [-0.25, -0.2) is 4.90 Å². The predicted octanol–water partition coefficient (Wildman–Crippen LogP) is 3.20. The number of hydrogen-bond acceptors (Lipinski definition) is 5. The molecule has 4 rings (SSSR count). The number of nitrogens with one attached hydrogen (secondary N) is 1. The molecule has 172 valence electrons. The Kier molecular flexibility index (Phi) is 5.16. The number of ketones is 1. The molecule has 4 atom stereocenters. The van der Waals surface area contributed by atoms with E-state index < -0.39 is 52.9 Å². The van der Waals surface area contributed by atoms with Crippen molar-refractivity contribution < 1.29 is 37.5 Å². The van der Waals surface area contributed by atoms with Crippen LogP contribution in [0.1, 0.15) is 41.4 Å². The topological polar surface area (TPSA) is 104 Å². The fourth-order valence-corrected chi connectivity index (χ4v) is 4.63. The van der Waals surface area contributed by atoms with Gasteiger partial charge in [0.15, 0.2) is 5.78 Å². The van der Waals surface area contributed by atoms with Gasteiger partial charge < -0.3 is 5.11 Å². The van der Waals surface area contributed by atoms with Crippen molar-refractivity contribution in [3.8, 4) is 0 Å². The van der Waals surface area contributed by atoms with E-state index in [0.29, 0.717) is 5.56 Å². The number of carbonyl (C=O) groups is 4. The molecule has 0 saturated carbocycles. The maximum Gasteiger partial charge on any atom is 0.416 e. The minimum atomic E-state index is -4.63. The van der Waals surface area contributed by atoms with Crippen molar-refractivity contribution in [1.82, 2.24) is 5.32 Å². The largest absolute Gasteiger partial charge is 0.480 e. The second kappa shape index (κ2) is 7.51. The number of rotatable bonds is 4. The summed E-state index contributed by atoms with van der Waals surface area (Å²) < 4.78 is 39.7. The van der Waals surface area contributed by atoms with Gasteiger partial charge in [-0.15, -0.1) is 0 Å². The second-order valence-electron chi connectivity index (χ2n) is 8.37. The zero-order valence-corrected chi connectivity index (χ0v) is 17.5. The lowest BCUT2D eigenvalue weighted by molar-refractivity contribution is -0.147. The van der Waals surface area contributed by atoms with Gasteiger partial charge in [-0.05, 0) is 55.8 Å². The lowest BCUT2D eigenvalue weighted by Crippen LogP contribution is -2.53. The minimum Gasteiger partial charge on any atom is -0.480 e. The maximum absolute atomic E-state index is 13.4. The smallest absolute Gasteiger partial charge is 0.416 e. The van der Waals surface area contributed by atoms with Gasteiger partial charge in [-0.2, -0.15) is 13.2 Å². The highest BCUT2D eigenvalue weighted by molar-refractivity contribution is 6.24. The second-order valence-corrected chi connectivity index (χ2v) is 8.37. The molecule has 7 nitrogen and oxygen atoms in total. The zero-order chi connectivity index (χ0) is 24.3. The molecule has 2 fully saturated rings. The molecule has 2 aliphatic heterocycles. The van der Waals surface area contributed by atoms with E-state index in [1.165, 1.54) is 50.2 Å². The predicted molar refractivity (Wildman–Crippen MR) is 109 cm³/mol. The molecule has 0 bridgehead atoms. The normalized spacial score (nSPS) is 27.1. The minimum absolute atomic E-state index is 0.0553. The average Bonchev–Trinajstić information content (AvgIpc) is 3.21. The Bertz CT molecular complexity index is 1180. The van der Waals surface area contributed by atoms with Crippen LogP contribution in [0.15, 0.2) is 48.5 Å². The zero-order valence-electron chi connectivity index (χ0n) is 17.5. The number of carbonyl (C=O) groups excluding carboxylic acids is 3. The molecule has 0 spiro atoms. The van der Waals surface area contributed by atoms with Gasteiger partial charge in [-0.1, -0.05) is 12.1 Å². The van der Waals surface area contributed by atoms with E-state index >= 15 is 0 Å². The molecular weight excluding hydrogens is 441 g/mol. The first kappa shape index (κ1) is 22.7. The number of carboxylic acid groups (broad SMARTS) is 1. The van der Waals surface area contributed by atoms with Crippen LogP contribution >= 0.6 is 0 Å². The molecule has 2 heterocycles. The summed E-state index contributed by atoms with van der Waals surface area (Å²) in [7, 11) is 0. The van der Waals surface area contributed by atoms with Crippen molar-refractivity contribution in [1.29, 1.82) is 0 Å². The van der Waals surface area contributed by atoms with E-state index in [2.05, 4.69) is 5.32 Å². The summed E-state index contributed by atoms with van der Waals surface area (Å²) in [6, 6.07) is 8.80. The highest BCUT2D eigenvalue weighted by atomic mass is 19.4. The number of aliphatic carboxylic acids is 1. The molecule has 0 aromatic heterocycles. The lowest BCUT2D eigenvalue weighted by atomic mass is 9.80. The third kappa shape index (κ3) is 3.50. The summed E-state index contributed by atoms with van der Waals surface area (Å²) in [5, 5.41) is 12.6. The highest BCUT2D eigenvalue weighted by Crippen LogP contribution is 2.50. The summed E-state index contributed by atoms with van der Waals surface area (Å²) in [5.41, 5.74) is -2.27. The Morgan fingerprint density at radius 3 is 2.24 bits per heavy atom. The number of Topliss-reactive ketones (excluding diaryl/α,β-unsaturated/α-hetero) is 1. The lowest BCUT2D eigenvalue weighted by Gasteiger charge is -2.27. The number of nitrogens with zero attached hydrogens (tertiary/aromatic N) is 1. The van der Waals surface area contributed by atoms with Crippen LogP contribution in [-0.4, -0.2) is 34.2 Å². The van der Waals surface area contributed by atoms with E-state index in [0.717, 1.165) is 17.0 Å². The molecule has 2 aliphatic rings. The van der Waals surface area contributed by atoms with Gasteiger partial charge >= 0.3 is 12.1 Å². The number of carboxylic acids is 1. The molecule has 2 N–H and O–H groups in total. The Morgan fingerprint density at radius 1 is 1.06 bits per heavy atom. The monoisotopic (exact) mass is 460 g/mol. The van der Waals surface area contributed by atoms with Crippen molar-refractivity contribution in [3.63, 3.8) is 0 Å². The molecule has 33 heavy (non-hydrogen) atoms. The molecule has 4 unspecified atom stereocenters. The van der Waals surface area contributed by atoms with Crippen molar-refractivity contribution >= 4 is 29.3 Å². The highest BCUT2D eigenvalue weighted by Gasteiger charge is 2.67. The van der Waals surface area contributed by atoms with Gasteiger partial charge in [0.25, 0.3) is 0 Å². The Morgan fingerprint density at radius 2 is 1.70 bits per heavy atom. The van der Waals surface area contributed by atoms with Crippen LogP contribution < -0.4 is 10.2 Å². The number of halogens is 3. The van der Waals surface area contributed by atoms with Crippen LogP contribution in [0.2, 0.25) is 0 Å². The van der Waals surface area contributed by atoms with Gasteiger partial charge in [0.2, 0.25) is 11.8 Å². The molecule has 2 aromatic carbocycles. The van der Waals surface area contributed by atoms with Crippen molar-refractivity contribution in [2.24, 2.45) is 11.8 Å². The third-order valence-corrected chi connectivity index (χ3v) is 6.34. The average molecular weight is 460 g/mol. The fourth-order valence-electron chi connectivity index (χ4n) is 4.63. The van der Waals surface area contributed by atoms with E-state index in [1.54, 1.807) is 0 Å². The van der Waals surface area contributed by atoms with Crippen molar-refractivity contribution in [2.75, 3.05) is 4.90 Å². The number of amides is 2. The van der Waals surface area contributed by atoms with Gasteiger partial charge in [0.1, 0.15) is 5.54 Å². The Balaban J connectivity index is 1.79. The maximum atomic E-state index is 13.4. The number of anilines is 1. The molecule has 10 heteroatoms. The molecule has 2 aromatic rings. The van der Waals surface area contributed by atoms with Crippen molar-refractivity contribution in [2.45, 2.75) is 31.6 Å². The number of fused-ring (bicyclic) bond motifs is 1. The quantitative estimate of drug-likeness (QED) is 0.537. The number of alkyl halides is 3. The van der Waals surface area contributed by atoms with Crippen LogP contribution in [0.4, 0.5) is 18.9 Å². The number of imide groups is 1. The number of benzene rings is 2. The molecule has 2 saturated heterocycles.